The Hall–Kier alpha value is -1.98. The molecule has 20 heavy (non-hydrogen) atoms. The Labute approximate surface area is 115 Å². The summed E-state index contributed by atoms with van der Waals surface area (Å²) in [7, 11) is 0. The molecule has 0 aromatic carbocycles. The molecule has 1 N–H and O–H groups in total. The summed E-state index contributed by atoms with van der Waals surface area (Å²) in [6.07, 6.45) is 7.68. The van der Waals surface area contributed by atoms with Crippen LogP contribution >= 0.6 is 0 Å². The van der Waals surface area contributed by atoms with Crippen molar-refractivity contribution in [1.82, 2.24) is 20.1 Å². The van der Waals surface area contributed by atoms with E-state index in [1.807, 2.05) is 0 Å². The molecule has 6 heteroatoms. The van der Waals surface area contributed by atoms with Crippen molar-refractivity contribution in [3.63, 3.8) is 0 Å². The van der Waals surface area contributed by atoms with Crippen LogP contribution in [0.2, 0.25) is 0 Å². The molecule has 4 rings (SSSR count). The fraction of sp³-hybridized carbons (Fsp3) is 0.571. The Morgan fingerprint density at radius 1 is 1.45 bits per heavy atom. The van der Waals surface area contributed by atoms with E-state index in [4.69, 9.17) is 4.52 Å². The molecule has 104 valence electrons. The zero-order valence-electron chi connectivity index (χ0n) is 11.3. The Morgan fingerprint density at radius 2 is 2.25 bits per heavy atom. The van der Waals surface area contributed by atoms with Gasteiger partial charge in [-0.05, 0) is 43.9 Å². The summed E-state index contributed by atoms with van der Waals surface area (Å²) in [5.41, 5.74) is 0.814. The van der Waals surface area contributed by atoms with Gasteiger partial charge in [0.1, 0.15) is 11.4 Å². The molecule has 6 nitrogen and oxygen atoms in total. The van der Waals surface area contributed by atoms with Crippen molar-refractivity contribution in [2.45, 2.75) is 39.0 Å². The van der Waals surface area contributed by atoms with Crippen LogP contribution in [-0.4, -0.2) is 20.1 Å². The van der Waals surface area contributed by atoms with Crippen LogP contribution in [0.3, 0.4) is 0 Å². The predicted molar refractivity (Wildman–Crippen MR) is 71.0 cm³/mol. The third-order valence-electron chi connectivity index (χ3n) is 4.50. The quantitative estimate of drug-likeness (QED) is 0.921. The van der Waals surface area contributed by atoms with Crippen molar-refractivity contribution in [3.8, 4) is 11.4 Å². The first kappa shape index (κ1) is 11.8. The number of nitrogens with one attached hydrogen (secondary N) is 1. The first-order valence-corrected chi connectivity index (χ1v) is 7.02. The molecule has 0 aliphatic heterocycles. The predicted octanol–water partition coefficient (Wildman–Crippen LogP) is 1.86. The van der Waals surface area contributed by atoms with Crippen LogP contribution in [-0.2, 0) is 6.42 Å². The van der Waals surface area contributed by atoms with E-state index in [9.17, 15) is 4.79 Å². The number of rotatable bonds is 3. The van der Waals surface area contributed by atoms with Gasteiger partial charge < -0.3 is 9.51 Å². The fourth-order valence-electron chi connectivity index (χ4n) is 3.23. The maximum atomic E-state index is 11.8. The number of nitrogens with zero attached hydrogens (tertiary/aromatic N) is 3. The Kier molecular flexibility index (Phi) is 2.37. The van der Waals surface area contributed by atoms with E-state index in [2.05, 4.69) is 20.1 Å². The number of H-pyrrole nitrogens is 1. The highest BCUT2D eigenvalue weighted by molar-refractivity contribution is 5.50. The second-order valence-electron chi connectivity index (χ2n) is 6.20. The molecule has 2 saturated carbocycles. The van der Waals surface area contributed by atoms with Gasteiger partial charge in [0, 0.05) is 12.6 Å². The minimum Gasteiger partial charge on any atom is -0.339 e. The van der Waals surface area contributed by atoms with Gasteiger partial charge in [-0.25, -0.2) is 4.98 Å². The molecule has 0 unspecified atom stereocenters. The lowest BCUT2D eigenvalue weighted by Crippen LogP contribution is -2.26. The van der Waals surface area contributed by atoms with Crippen LogP contribution < -0.4 is 5.56 Å². The summed E-state index contributed by atoms with van der Waals surface area (Å²) in [6.45, 7) is 1.73. The number of aryl methyl sites for hydroxylation is 1. The van der Waals surface area contributed by atoms with E-state index in [-0.39, 0.29) is 5.56 Å². The van der Waals surface area contributed by atoms with Gasteiger partial charge >= 0.3 is 0 Å². The van der Waals surface area contributed by atoms with Gasteiger partial charge in [-0.2, -0.15) is 4.98 Å². The van der Waals surface area contributed by atoms with Crippen molar-refractivity contribution in [3.05, 3.63) is 28.3 Å². The second-order valence-corrected chi connectivity index (χ2v) is 6.20. The summed E-state index contributed by atoms with van der Waals surface area (Å²) in [4.78, 5) is 22.8. The molecule has 2 aromatic rings. The molecule has 2 aliphatic rings. The molecule has 2 aliphatic carbocycles. The average Bonchev–Trinajstić information content (AvgIpc) is 3.02. The summed E-state index contributed by atoms with van der Waals surface area (Å²) in [5, 5.41) is 3.89. The van der Waals surface area contributed by atoms with Gasteiger partial charge in [0.2, 0.25) is 11.7 Å². The van der Waals surface area contributed by atoms with E-state index >= 15 is 0 Å². The molecular formula is C14H16N4O2. The van der Waals surface area contributed by atoms with Gasteiger partial charge in [0.05, 0.1) is 0 Å². The van der Waals surface area contributed by atoms with Crippen LogP contribution in [0.1, 0.15) is 37.4 Å². The standard InChI is InChI=1S/C14H16N4O2/c1-8-15-7-10(13(19)16-8)12-17-11(20-18-12)4-9-5-14(6-9)2-3-14/h7,9H,2-6H2,1H3,(H,15,16,19). The van der Waals surface area contributed by atoms with Crippen molar-refractivity contribution in [2.75, 3.05) is 0 Å². The first-order chi connectivity index (χ1) is 9.63. The van der Waals surface area contributed by atoms with Crippen molar-refractivity contribution in [2.24, 2.45) is 11.3 Å². The minimum atomic E-state index is -0.231. The van der Waals surface area contributed by atoms with Gasteiger partial charge in [0.25, 0.3) is 5.56 Å². The number of hydrogen-bond donors (Lipinski definition) is 1. The van der Waals surface area contributed by atoms with E-state index < -0.39 is 0 Å². The maximum Gasteiger partial charge on any atom is 0.262 e. The minimum absolute atomic E-state index is 0.231. The van der Waals surface area contributed by atoms with Crippen LogP contribution in [0.25, 0.3) is 11.4 Å². The molecule has 0 radical (unpaired) electrons. The van der Waals surface area contributed by atoms with Crippen LogP contribution in [0.15, 0.2) is 15.5 Å². The summed E-state index contributed by atoms with van der Waals surface area (Å²) in [6, 6.07) is 0. The molecule has 0 bridgehead atoms. The summed E-state index contributed by atoms with van der Waals surface area (Å²) < 4.78 is 5.26. The Bertz CT molecular complexity index is 706. The summed E-state index contributed by atoms with van der Waals surface area (Å²) in [5.74, 6) is 2.20. The third-order valence-corrected chi connectivity index (χ3v) is 4.50. The topological polar surface area (TPSA) is 84.7 Å². The average molecular weight is 272 g/mol. The Morgan fingerprint density at radius 3 is 2.95 bits per heavy atom. The zero-order valence-corrected chi connectivity index (χ0v) is 11.3. The van der Waals surface area contributed by atoms with Crippen molar-refractivity contribution >= 4 is 0 Å². The largest absolute Gasteiger partial charge is 0.339 e. The molecule has 0 amide bonds. The first-order valence-electron chi connectivity index (χ1n) is 7.02. The molecule has 0 saturated heterocycles. The van der Waals surface area contributed by atoms with Crippen molar-refractivity contribution < 1.29 is 4.52 Å². The lowest BCUT2D eigenvalue weighted by atomic mass is 9.70. The SMILES string of the molecule is Cc1ncc(-c2noc(CC3CC4(CC4)C3)n2)c(=O)[nH]1. The van der Waals surface area contributed by atoms with Crippen LogP contribution in [0, 0.1) is 18.3 Å². The second kappa shape index (κ2) is 4.01. The lowest BCUT2D eigenvalue weighted by molar-refractivity contribution is 0.156. The van der Waals surface area contributed by atoms with Crippen LogP contribution in [0.4, 0.5) is 0 Å². The monoisotopic (exact) mass is 272 g/mol. The number of hydrogen-bond acceptors (Lipinski definition) is 5. The number of aromatic amines is 1. The van der Waals surface area contributed by atoms with Crippen molar-refractivity contribution in [1.29, 1.82) is 0 Å². The molecule has 2 aromatic heterocycles. The lowest BCUT2D eigenvalue weighted by Gasteiger charge is -2.34. The molecular weight excluding hydrogens is 256 g/mol. The highest BCUT2D eigenvalue weighted by atomic mass is 16.5. The smallest absolute Gasteiger partial charge is 0.262 e. The normalized spacial score (nSPS) is 20.1. The maximum absolute atomic E-state index is 11.8. The highest BCUT2D eigenvalue weighted by Gasteiger charge is 2.52. The molecule has 0 atom stereocenters. The Balaban J connectivity index is 1.51. The van der Waals surface area contributed by atoms with Gasteiger partial charge in [-0.1, -0.05) is 5.16 Å². The van der Waals surface area contributed by atoms with Gasteiger partial charge in [0.15, 0.2) is 0 Å². The highest BCUT2D eigenvalue weighted by Crippen LogP contribution is 2.63. The van der Waals surface area contributed by atoms with Gasteiger partial charge in [-0.3, -0.25) is 4.79 Å². The number of aromatic nitrogens is 4. The molecule has 1 spiro atoms. The van der Waals surface area contributed by atoms with E-state index in [1.165, 1.54) is 31.9 Å². The van der Waals surface area contributed by atoms with E-state index in [0.29, 0.717) is 34.4 Å². The van der Waals surface area contributed by atoms with E-state index in [1.54, 1.807) is 6.92 Å². The molecule has 2 heterocycles. The fourth-order valence-corrected chi connectivity index (χ4v) is 3.23. The van der Waals surface area contributed by atoms with Gasteiger partial charge in [-0.15, -0.1) is 0 Å². The zero-order chi connectivity index (χ0) is 13.7. The summed E-state index contributed by atoms with van der Waals surface area (Å²) >= 11 is 0. The third kappa shape index (κ3) is 1.95. The van der Waals surface area contributed by atoms with E-state index in [0.717, 1.165) is 6.42 Å². The van der Waals surface area contributed by atoms with Crippen LogP contribution in [0.5, 0.6) is 0 Å². The molecule has 2 fully saturated rings.